The largest absolute Gasteiger partial charge is 0.334 e. The average molecular weight is 223 g/mol. The van der Waals surface area contributed by atoms with Gasteiger partial charge in [-0.15, -0.1) is 0 Å². The molecule has 0 N–H and O–H groups in total. The highest BCUT2D eigenvalue weighted by atomic mass is 15.1. The first-order valence-electron chi connectivity index (χ1n) is 5.88. The van der Waals surface area contributed by atoms with Crippen molar-refractivity contribution < 1.29 is 0 Å². The molecule has 1 aromatic carbocycles. The lowest BCUT2D eigenvalue weighted by Gasteiger charge is -2.24. The van der Waals surface area contributed by atoms with Crippen molar-refractivity contribution in [1.29, 1.82) is 5.26 Å². The molecular weight excluding hydrogens is 210 g/mol. The van der Waals surface area contributed by atoms with Crippen LogP contribution in [0.1, 0.15) is 35.6 Å². The molecule has 0 amide bonds. The lowest BCUT2D eigenvalue weighted by atomic mass is 9.89. The molecule has 0 bridgehead atoms. The summed E-state index contributed by atoms with van der Waals surface area (Å²) < 4.78 is 2.23. The number of benzene rings is 1. The third kappa shape index (κ3) is 1.72. The molecular formula is C14H13N3. The van der Waals surface area contributed by atoms with E-state index in [1.165, 1.54) is 17.7 Å². The number of aromatic nitrogens is 2. The second-order valence-corrected chi connectivity index (χ2v) is 4.44. The molecule has 3 nitrogen and oxygen atoms in total. The molecule has 3 heteroatoms. The monoisotopic (exact) mass is 223 g/mol. The third-order valence-electron chi connectivity index (χ3n) is 3.44. The molecule has 2 aromatic rings. The van der Waals surface area contributed by atoms with Crippen molar-refractivity contribution in [1.82, 2.24) is 9.55 Å². The van der Waals surface area contributed by atoms with Crippen molar-refractivity contribution in [2.75, 3.05) is 0 Å². The number of fused-ring (bicyclic) bond motifs is 1. The van der Waals surface area contributed by atoms with Gasteiger partial charge in [0.15, 0.2) is 0 Å². The Hall–Kier alpha value is -2.08. The van der Waals surface area contributed by atoms with Crippen LogP contribution in [0.15, 0.2) is 36.8 Å². The molecule has 0 unspecified atom stereocenters. The lowest BCUT2D eigenvalue weighted by molar-refractivity contribution is 0.491. The summed E-state index contributed by atoms with van der Waals surface area (Å²) in [5.41, 5.74) is 3.30. The highest BCUT2D eigenvalue weighted by Gasteiger charge is 2.21. The second kappa shape index (κ2) is 4.06. The van der Waals surface area contributed by atoms with Gasteiger partial charge in [0.05, 0.1) is 18.0 Å². The molecule has 0 fully saturated rings. The van der Waals surface area contributed by atoms with Gasteiger partial charge >= 0.3 is 0 Å². The molecule has 2 heterocycles. The van der Waals surface area contributed by atoms with Gasteiger partial charge in [0.25, 0.3) is 0 Å². The van der Waals surface area contributed by atoms with E-state index < -0.39 is 0 Å². The standard InChI is InChI=1S/C14H13N3/c15-8-11-3-5-12(6-4-11)13-2-1-7-17-10-16-9-14(13)17/h3-6,9-10,13H,1-2,7H2/t13-/m0/s1. The van der Waals surface area contributed by atoms with E-state index in [0.29, 0.717) is 5.92 Å². The van der Waals surface area contributed by atoms with E-state index in [9.17, 15) is 0 Å². The molecule has 1 atom stereocenters. The Balaban J connectivity index is 1.98. The van der Waals surface area contributed by atoms with E-state index in [2.05, 4.69) is 27.8 Å². The Labute approximate surface area is 100 Å². The molecule has 1 aromatic heterocycles. The van der Waals surface area contributed by atoms with Crippen LogP contribution >= 0.6 is 0 Å². The van der Waals surface area contributed by atoms with Crippen molar-refractivity contribution in [2.24, 2.45) is 0 Å². The highest BCUT2D eigenvalue weighted by Crippen LogP contribution is 2.32. The van der Waals surface area contributed by atoms with Gasteiger partial charge in [-0.3, -0.25) is 0 Å². The number of imidazole rings is 1. The Morgan fingerprint density at radius 1 is 1.29 bits per heavy atom. The van der Waals surface area contributed by atoms with Crippen molar-refractivity contribution in [3.05, 3.63) is 53.6 Å². The van der Waals surface area contributed by atoms with Crippen molar-refractivity contribution in [3.8, 4) is 6.07 Å². The first-order chi connectivity index (χ1) is 8.38. The molecule has 0 aliphatic carbocycles. The summed E-state index contributed by atoms with van der Waals surface area (Å²) in [5, 5.41) is 8.80. The molecule has 0 radical (unpaired) electrons. The van der Waals surface area contributed by atoms with Crippen LogP contribution in [0.2, 0.25) is 0 Å². The van der Waals surface area contributed by atoms with Crippen molar-refractivity contribution in [3.63, 3.8) is 0 Å². The van der Waals surface area contributed by atoms with Crippen LogP contribution in [0.25, 0.3) is 0 Å². The fourth-order valence-electron chi connectivity index (χ4n) is 2.55. The van der Waals surface area contributed by atoms with Crippen molar-refractivity contribution >= 4 is 0 Å². The van der Waals surface area contributed by atoms with Gasteiger partial charge in [-0.2, -0.15) is 5.26 Å². The van der Waals surface area contributed by atoms with Gasteiger partial charge in [0.2, 0.25) is 0 Å². The van der Waals surface area contributed by atoms with E-state index >= 15 is 0 Å². The van der Waals surface area contributed by atoms with Gasteiger partial charge in [-0.25, -0.2) is 4.98 Å². The zero-order valence-electron chi connectivity index (χ0n) is 9.50. The minimum Gasteiger partial charge on any atom is -0.334 e. The molecule has 1 aliphatic rings. The summed E-state index contributed by atoms with van der Waals surface area (Å²) in [7, 11) is 0. The van der Waals surface area contributed by atoms with Crippen LogP contribution in [0.5, 0.6) is 0 Å². The smallest absolute Gasteiger partial charge is 0.0991 e. The second-order valence-electron chi connectivity index (χ2n) is 4.44. The maximum Gasteiger partial charge on any atom is 0.0991 e. The van der Waals surface area contributed by atoms with Crippen LogP contribution in [0, 0.1) is 11.3 Å². The van der Waals surface area contributed by atoms with Gasteiger partial charge in [-0.05, 0) is 30.5 Å². The van der Waals surface area contributed by atoms with Gasteiger partial charge in [0.1, 0.15) is 0 Å². The predicted octanol–water partition coefficient (Wildman–Crippen LogP) is 2.68. The summed E-state index contributed by atoms with van der Waals surface area (Å²) in [6, 6.07) is 10.1. The van der Waals surface area contributed by atoms with Crippen LogP contribution in [-0.2, 0) is 6.54 Å². The summed E-state index contributed by atoms with van der Waals surface area (Å²) in [6.45, 7) is 1.07. The Morgan fingerprint density at radius 3 is 2.88 bits per heavy atom. The topological polar surface area (TPSA) is 41.6 Å². The maximum atomic E-state index is 8.80. The van der Waals surface area contributed by atoms with E-state index in [-0.39, 0.29) is 0 Å². The highest BCUT2D eigenvalue weighted by molar-refractivity contribution is 5.36. The maximum absolute atomic E-state index is 8.80. The molecule has 0 saturated carbocycles. The Bertz CT molecular complexity index is 560. The number of aryl methyl sites for hydroxylation is 1. The summed E-state index contributed by atoms with van der Waals surface area (Å²) in [4.78, 5) is 4.22. The van der Waals surface area contributed by atoms with Crippen LogP contribution < -0.4 is 0 Å². The van der Waals surface area contributed by atoms with Crippen LogP contribution in [0.3, 0.4) is 0 Å². The third-order valence-corrected chi connectivity index (χ3v) is 3.44. The van der Waals surface area contributed by atoms with Gasteiger partial charge in [0, 0.05) is 24.4 Å². The van der Waals surface area contributed by atoms with E-state index in [4.69, 9.17) is 5.26 Å². The first kappa shape index (κ1) is 10.1. The zero-order chi connectivity index (χ0) is 11.7. The molecule has 1 aliphatic heterocycles. The molecule has 17 heavy (non-hydrogen) atoms. The first-order valence-corrected chi connectivity index (χ1v) is 5.88. The number of hydrogen-bond donors (Lipinski definition) is 0. The SMILES string of the molecule is N#Cc1ccc([C@@H]2CCCn3cncc32)cc1. The number of rotatable bonds is 1. The Morgan fingerprint density at radius 2 is 2.12 bits per heavy atom. The quantitative estimate of drug-likeness (QED) is 0.745. The number of nitrogens with zero attached hydrogens (tertiary/aromatic N) is 3. The minimum absolute atomic E-state index is 0.430. The fourth-order valence-corrected chi connectivity index (χ4v) is 2.55. The molecule has 3 rings (SSSR count). The van der Waals surface area contributed by atoms with Crippen LogP contribution in [0.4, 0.5) is 0 Å². The van der Waals surface area contributed by atoms with Crippen LogP contribution in [-0.4, -0.2) is 9.55 Å². The summed E-state index contributed by atoms with van der Waals surface area (Å²) in [6.07, 6.45) is 6.22. The molecule has 84 valence electrons. The van der Waals surface area contributed by atoms with Crippen molar-refractivity contribution in [2.45, 2.75) is 25.3 Å². The van der Waals surface area contributed by atoms with Gasteiger partial charge in [-0.1, -0.05) is 12.1 Å². The van der Waals surface area contributed by atoms with Gasteiger partial charge < -0.3 is 4.57 Å². The molecule has 0 spiro atoms. The molecule has 0 saturated heterocycles. The summed E-state index contributed by atoms with van der Waals surface area (Å²) in [5.74, 6) is 0.430. The lowest BCUT2D eigenvalue weighted by Crippen LogP contribution is -2.15. The zero-order valence-corrected chi connectivity index (χ0v) is 9.50. The minimum atomic E-state index is 0.430. The number of nitriles is 1. The Kier molecular flexibility index (Phi) is 2.41. The predicted molar refractivity (Wildman–Crippen MR) is 64.5 cm³/mol. The summed E-state index contributed by atoms with van der Waals surface area (Å²) >= 11 is 0. The van der Waals surface area contributed by atoms with E-state index in [1.54, 1.807) is 0 Å². The van der Waals surface area contributed by atoms with E-state index in [0.717, 1.165) is 18.5 Å². The number of hydrogen-bond acceptors (Lipinski definition) is 2. The van der Waals surface area contributed by atoms with E-state index in [1.807, 2.05) is 24.7 Å². The normalized spacial score (nSPS) is 18.4. The average Bonchev–Trinajstić information content (AvgIpc) is 2.87. The fraction of sp³-hybridized carbons (Fsp3) is 0.286.